The third kappa shape index (κ3) is 1.79. The van der Waals surface area contributed by atoms with Crippen molar-refractivity contribution in [3.05, 3.63) is 0 Å². The summed E-state index contributed by atoms with van der Waals surface area (Å²) in [5.41, 5.74) is -0.125. The summed E-state index contributed by atoms with van der Waals surface area (Å²) in [4.78, 5) is 0. The Morgan fingerprint density at radius 2 is 2.00 bits per heavy atom. The molecule has 0 aromatic rings. The van der Waals surface area contributed by atoms with Crippen LogP contribution in [-0.4, -0.2) is 18.8 Å². The van der Waals surface area contributed by atoms with Gasteiger partial charge in [-0.2, -0.15) is 0 Å². The van der Waals surface area contributed by atoms with E-state index in [0.717, 1.165) is 0 Å². The molecule has 0 aliphatic heterocycles. The molecular formula is C7H16N2. The van der Waals surface area contributed by atoms with Crippen LogP contribution in [0.5, 0.6) is 0 Å². The standard InChI is InChI=1S/C7H16N2/c1-6(2)7(3,5-8)9-4/h5-6,8-9H,1-4H3. The third-order valence-electron chi connectivity index (χ3n) is 2.04. The van der Waals surface area contributed by atoms with Crippen molar-refractivity contribution in [3.63, 3.8) is 0 Å². The number of rotatable bonds is 3. The second-order valence-electron chi connectivity index (χ2n) is 2.83. The first-order chi connectivity index (χ1) is 4.06. The second-order valence-corrected chi connectivity index (χ2v) is 2.83. The molecule has 1 unspecified atom stereocenters. The van der Waals surface area contributed by atoms with Crippen molar-refractivity contribution in [2.45, 2.75) is 26.3 Å². The Morgan fingerprint density at radius 1 is 1.56 bits per heavy atom. The van der Waals surface area contributed by atoms with Gasteiger partial charge in [0.05, 0.1) is 5.54 Å². The van der Waals surface area contributed by atoms with E-state index in [1.165, 1.54) is 6.21 Å². The van der Waals surface area contributed by atoms with Crippen LogP contribution < -0.4 is 5.32 Å². The van der Waals surface area contributed by atoms with Crippen LogP contribution in [0.4, 0.5) is 0 Å². The molecule has 0 heterocycles. The molecule has 0 rings (SSSR count). The summed E-state index contributed by atoms with van der Waals surface area (Å²) < 4.78 is 0. The number of nitrogens with one attached hydrogen (secondary N) is 2. The van der Waals surface area contributed by atoms with E-state index in [-0.39, 0.29) is 5.54 Å². The Hall–Kier alpha value is -0.370. The maximum Gasteiger partial charge on any atom is 0.0523 e. The number of hydrogen-bond donors (Lipinski definition) is 2. The number of hydrogen-bond acceptors (Lipinski definition) is 2. The topological polar surface area (TPSA) is 35.9 Å². The maximum atomic E-state index is 7.10. The van der Waals surface area contributed by atoms with Crippen molar-refractivity contribution in [1.29, 1.82) is 5.41 Å². The summed E-state index contributed by atoms with van der Waals surface area (Å²) in [5, 5.41) is 10.2. The van der Waals surface area contributed by atoms with Gasteiger partial charge in [0.15, 0.2) is 0 Å². The van der Waals surface area contributed by atoms with Gasteiger partial charge in [0.25, 0.3) is 0 Å². The zero-order valence-corrected chi connectivity index (χ0v) is 6.65. The van der Waals surface area contributed by atoms with E-state index in [1.807, 2.05) is 14.0 Å². The fourth-order valence-corrected chi connectivity index (χ4v) is 0.528. The van der Waals surface area contributed by atoms with E-state index in [2.05, 4.69) is 19.2 Å². The largest absolute Gasteiger partial charge is 0.311 e. The highest BCUT2D eigenvalue weighted by Gasteiger charge is 2.22. The highest BCUT2D eigenvalue weighted by molar-refractivity contribution is 5.66. The first kappa shape index (κ1) is 8.63. The third-order valence-corrected chi connectivity index (χ3v) is 2.04. The van der Waals surface area contributed by atoms with Crippen molar-refractivity contribution in [3.8, 4) is 0 Å². The molecule has 0 radical (unpaired) electrons. The summed E-state index contributed by atoms with van der Waals surface area (Å²) in [6.45, 7) is 6.22. The van der Waals surface area contributed by atoms with Crippen LogP contribution in [0.25, 0.3) is 0 Å². The minimum atomic E-state index is -0.125. The monoisotopic (exact) mass is 128 g/mol. The predicted molar refractivity (Wildman–Crippen MR) is 41.1 cm³/mol. The molecule has 0 saturated carbocycles. The van der Waals surface area contributed by atoms with Gasteiger partial charge in [-0.3, -0.25) is 0 Å². The molecule has 0 aliphatic rings. The molecule has 2 N–H and O–H groups in total. The Balaban J connectivity index is 4.08. The van der Waals surface area contributed by atoms with Gasteiger partial charge in [-0.1, -0.05) is 13.8 Å². The molecule has 2 heteroatoms. The summed E-state index contributed by atoms with van der Waals surface area (Å²) >= 11 is 0. The van der Waals surface area contributed by atoms with Gasteiger partial charge in [0.2, 0.25) is 0 Å². The Labute approximate surface area is 57.2 Å². The van der Waals surface area contributed by atoms with Crippen LogP contribution >= 0.6 is 0 Å². The lowest BCUT2D eigenvalue weighted by Gasteiger charge is -2.28. The molecule has 0 spiro atoms. The van der Waals surface area contributed by atoms with Gasteiger partial charge in [0.1, 0.15) is 0 Å². The van der Waals surface area contributed by atoms with E-state index < -0.39 is 0 Å². The summed E-state index contributed by atoms with van der Waals surface area (Å²) in [6, 6.07) is 0. The van der Waals surface area contributed by atoms with Crippen molar-refractivity contribution in [1.82, 2.24) is 5.32 Å². The zero-order valence-electron chi connectivity index (χ0n) is 6.65. The van der Waals surface area contributed by atoms with Crippen LogP contribution in [0, 0.1) is 11.3 Å². The predicted octanol–water partition coefficient (Wildman–Crippen LogP) is 1.27. The van der Waals surface area contributed by atoms with E-state index in [0.29, 0.717) is 5.92 Å². The minimum Gasteiger partial charge on any atom is -0.311 e. The smallest absolute Gasteiger partial charge is 0.0523 e. The van der Waals surface area contributed by atoms with Crippen molar-refractivity contribution in [2.24, 2.45) is 5.92 Å². The van der Waals surface area contributed by atoms with E-state index in [1.54, 1.807) is 0 Å². The van der Waals surface area contributed by atoms with Crippen LogP contribution in [0.2, 0.25) is 0 Å². The first-order valence-corrected chi connectivity index (χ1v) is 3.27. The summed E-state index contributed by atoms with van der Waals surface area (Å²) in [5.74, 6) is 0.472. The molecule has 2 nitrogen and oxygen atoms in total. The average molecular weight is 128 g/mol. The Bertz CT molecular complexity index is 99.1. The normalized spacial score (nSPS) is 17.4. The van der Waals surface area contributed by atoms with Crippen LogP contribution in [0.3, 0.4) is 0 Å². The van der Waals surface area contributed by atoms with E-state index >= 15 is 0 Å². The van der Waals surface area contributed by atoms with Gasteiger partial charge in [0, 0.05) is 6.21 Å². The minimum absolute atomic E-state index is 0.125. The van der Waals surface area contributed by atoms with Gasteiger partial charge in [-0.25, -0.2) is 0 Å². The maximum absolute atomic E-state index is 7.10. The van der Waals surface area contributed by atoms with Crippen molar-refractivity contribution < 1.29 is 0 Å². The van der Waals surface area contributed by atoms with E-state index in [4.69, 9.17) is 5.41 Å². The molecule has 1 atom stereocenters. The summed E-state index contributed by atoms with van der Waals surface area (Å²) in [6.07, 6.45) is 1.46. The average Bonchev–Trinajstić information content (AvgIpc) is 1.86. The van der Waals surface area contributed by atoms with Gasteiger partial charge in [-0.05, 0) is 19.9 Å². The molecule has 0 fully saturated rings. The highest BCUT2D eigenvalue weighted by atomic mass is 14.9. The molecule has 9 heavy (non-hydrogen) atoms. The van der Waals surface area contributed by atoms with Crippen LogP contribution in [-0.2, 0) is 0 Å². The highest BCUT2D eigenvalue weighted by Crippen LogP contribution is 2.11. The lowest BCUT2D eigenvalue weighted by Crippen LogP contribution is -2.45. The van der Waals surface area contributed by atoms with Gasteiger partial charge in [-0.15, -0.1) is 0 Å². The second kappa shape index (κ2) is 2.97. The van der Waals surface area contributed by atoms with Gasteiger partial charge < -0.3 is 10.7 Å². The molecule has 0 saturated heterocycles. The zero-order chi connectivity index (χ0) is 7.49. The van der Waals surface area contributed by atoms with Crippen LogP contribution in [0.15, 0.2) is 0 Å². The van der Waals surface area contributed by atoms with Crippen LogP contribution in [0.1, 0.15) is 20.8 Å². The fourth-order valence-electron chi connectivity index (χ4n) is 0.528. The SMILES string of the molecule is CNC(C)(C=N)C(C)C. The van der Waals surface area contributed by atoms with Crippen molar-refractivity contribution in [2.75, 3.05) is 7.05 Å². The lowest BCUT2D eigenvalue weighted by molar-refractivity contribution is 0.386. The molecule has 54 valence electrons. The molecule has 0 aromatic heterocycles. The fraction of sp³-hybridized carbons (Fsp3) is 0.857. The molecular weight excluding hydrogens is 112 g/mol. The van der Waals surface area contributed by atoms with E-state index in [9.17, 15) is 0 Å². The Kier molecular flexibility index (Phi) is 2.85. The molecule has 0 aromatic carbocycles. The quantitative estimate of drug-likeness (QED) is 0.552. The lowest BCUT2D eigenvalue weighted by atomic mass is 9.90. The van der Waals surface area contributed by atoms with Crippen molar-refractivity contribution >= 4 is 6.21 Å². The first-order valence-electron chi connectivity index (χ1n) is 3.27. The summed E-state index contributed by atoms with van der Waals surface area (Å²) in [7, 11) is 1.88. The molecule has 0 bridgehead atoms. The molecule has 0 aliphatic carbocycles. The molecule has 0 amide bonds. The van der Waals surface area contributed by atoms with Gasteiger partial charge >= 0.3 is 0 Å². The Morgan fingerprint density at radius 3 is 2.00 bits per heavy atom.